The number of fused-ring (bicyclic) bond motifs is 1. The largest absolute Gasteiger partial charge is 0.335 e. The molecule has 2 saturated heterocycles. The summed E-state index contributed by atoms with van der Waals surface area (Å²) in [5.74, 6) is 1.29. The summed E-state index contributed by atoms with van der Waals surface area (Å²) in [4.78, 5) is 16.1. The van der Waals surface area contributed by atoms with Gasteiger partial charge in [0.1, 0.15) is 0 Å². The third-order valence-corrected chi connectivity index (χ3v) is 5.86. The number of carbonyl (C=O) groups excluding carboxylic acids is 1. The normalized spacial score (nSPS) is 28.0. The summed E-state index contributed by atoms with van der Waals surface area (Å²) in [5.41, 5.74) is 0.648. The molecule has 0 aliphatic carbocycles. The number of halogens is 1. The van der Waals surface area contributed by atoms with Gasteiger partial charge in [-0.15, -0.1) is 11.8 Å². The van der Waals surface area contributed by atoms with E-state index in [1.54, 1.807) is 11.8 Å². The molecule has 1 amide bonds. The van der Waals surface area contributed by atoms with E-state index in [4.69, 9.17) is 11.6 Å². The van der Waals surface area contributed by atoms with Crippen molar-refractivity contribution >= 4 is 29.3 Å². The molecule has 114 valence electrons. The fraction of sp³-hybridized carbons (Fsp3) is 0.562. The van der Waals surface area contributed by atoms with Crippen molar-refractivity contribution in [2.75, 3.05) is 25.9 Å². The van der Waals surface area contributed by atoms with Crippen LogP contribution in [-0.4, -0.2) is 42.7 Å². The highest BCUT2D eigenvalue weighted by Gasteiger charge is 2.45. The van der Waals surface area contributed by atoms with Crippen LogP contribution in [0.4, 0.5) is 0 Å². The van der Waals surface area contributed by atoms with Gasteiger partial charge in [-0.1, -0.05) is 18.5 Å². The van der Waals surface area contributed by atoms with E-state index in [0.717, 1.165) is 31.0 Å². The maximum Gasteiger partial charge on any atom is 0.255 e. The zero-order valence-corrected chi connectivity index (χ0v) is 14.0. The molecule has 1 N–H and O–H groups in total. The van der Waals surface area contributed by atoms with Gasteiger partial charge >= 0.3 is 0 Å². The van der Waals surface area contributed by atoms with Crippen LogP contribution in [0.25, 0.3) is 0 Å². The minimum atomic E-state index is 0.0946. The molecule has 3 unspecified atom stereocenters. The lowest BCUT2D eigenvalue weighted by Gasteiger charge is -2.27. The van der Waals surface area contributed by atoms with Gasteiger partial charge in [-0.05, 0) is 42.7 Å². The predicted molar refractivity (Wildman–Crippen MR) is 88.2 cm³/mol. The van der Waals surface area contributed by atoms with Gasteiger partial charge in [-0.2, -0.15) is 0 Å². The van der Waals surface area contributed by atoms with E-state index in [1.807, 2.05) is 24.5 Å². The van der Waals surface area contributed by atoms with Crippen molar-refractivity contribution in [3.05, 3.63) is 28.8 Å². The summed E-state index contributed by atoms with van der Waals surface area (Å²) >= 11 is 7.90. The minimum absolute atomic E-state index is 0.0946. The monoisotopic (exact) mass is 324 g/mol. The molecule has 0 radical (unpaired) electrons. The van der Waals surface area contributed by atoms with Crippen molar-refractivity contribution in [1.29, 1.82) is 0 Å². The quantitative estimate of drug-likeness (QED) is 0.867. The molecule has 0 spiro atoms. The molecule has 0 aromatic heterocycles. The maximum atomic E-state index is 12.9. The maximum absolute atomic E-state index is 12.9. The number of thioether (sulfide) groups is 1. The Morgan fingerprint density at radius 2 is 2.29 bits per heavy atom. The lowest BCUT2D eigenvalue weighted by atomic mass is 9.93. The van der Waals surface area contributed by atoms with E-state index in [-0.39, 0.29) is 5.91 Å². The number of benzene rings is 1. The molecule has 3 atom stereocenters. The average Bonchev–Trinajstić information content (AvgIpc) is 3.07. The van der Waals surface area contributed by atoms with Gasteiger partial charge in [-0.25, -0.2) is 0 Å². The van der Waals surface area contributed by atoms with Crippen LogP contribution < -0.4 is 5.32 Å². The summed E-state index contributed by atoms with van der Waals surface area (Å²) in [7, 11) is 0. The summed E-state index contributed by atoms with van der Waals surface area (Å²) in [6.45, 7) is 5.09. The summed E-state index contributed by atoms with van der Waals surface area (Å²) < 4.78 is 0. The van der Waals surface area contributed by atoms with Crippen LogP contribution >= 0.6 is 23.4 Å². The number of carbonyl (C=O) groups is 1. The summed E-state index contributed by atoms with van der Waals surface area (Å²) in [6, 6.07) is 6.06. The van der Waals surface area contributed by atoms with Crippen LogP contribution in [0.1, 0.15) is 23.7 Å². The second-order valence-electron chi connectivity index (χ2n) is 5.86. The molecule has 3 nitrogen and oxygen atoms in total. The molecule has 0 bridgehead atoms. The fourth-order valence-electron chi connectivity index (χ4n) is 3.73. The van der Waals surface area contributed by atoms with Crippen molar-refractivity contribution in [1.82, 2.24) is 10.2 Å². The molecule has 2 aliphatic rings. The molecule has 0 saturated carbocycles. The van der Waals surface area contributed by atoms with Crippen LogP contribution in [0.3, 0.4) is 0 Å². The van der Waals surface area contributed by atoms with E-state index in [2.05, 4.69) is 17.1 Å². The molecule has 21 heavy (non-hydrogen) atoms. The number of hydrogen-bond donors (Lipinski definition) is 1. The Morgan fingerprint density at radius 1 is 1.48 bits per heavy atom. The first kappa shape index (κ1) is 15.2. The van der Waals surface area contributed by atoms with Crippen LogP contribution in [0.5, 0.6) is 0 Å². The second kappa shape index (κ2) is 6.19. The van der Waals surface area contributed by atoms with Gasteiger partial charge in [0.2, 0.25) is 0 Å². The first-order valence-corrected chi connectivity index (χ1v) is 9.11. The molecule has 2 aliphatic heterocycles. The lowest BCUT2D eigenvalue weighted by molar-refractivity contribution is 0.0711. The third kappa shape index (κ3) is 2.69. The van der Waals surface area contributed by atoms with Gasteiger partial charge < -0.3 is 10.2 Å². The van der Waals surface area contributed by atoms with Crippen LogP contribution in [0.15, 0.2) is 23.1 Å². The van der Waals surface area contributed by atoms with Gasteiger partial charge in [0.25, 0.3) is 5.91 Å². The van der Waals surface area contributed by atoms with Gasteiger partial charge in [0.05, 0.1) is 10.6 Å². The van der Waals surface area contributed by atoms with E-state index in [1.165, 1.54) is 0 Å². The van der Waals surface area contributed by atoms with E-state index in [0.29, 0.717) is 28.5 Å². The van der Waals surface area contributed by atoms with Crippen molar-refractivity contribution in [2.24, 2.45) is 11.8 Å². The minimum Gasteiger partial charge on any atom is -0.335 e. The first-order chi connectivity index (χ1) is 10.2. The molecular weight excluding hydrogens is 304 g/mol. The molecule has 5 heteroatoms. The molecule has 1 aromatic carbocycles. The number of nitrogens with one attached hydrogen (secondary N) is 1. The fourth-order valence-corrected chi connectivity index (χ4v) is 4.37. The van der Waals surface area contributed by atoms with E-state index < -0.39 is 0 Å². The van der Waals surface area contributed by atoms with Crippen LogP contribution in [-0.2, 0) is 0 Å². The number of rotatable bonds is 3. The molecular formula is C16H21ClN2OS. The van der Waals surface area contributed by atoms with E-state index in [9.17, 15) is 4.79 Å². The first-order valence-electron chi connectivity index (χ1n) is 7.51. The molecule has 2 fully saturated rings. The second-order valence-corrected chi connectivity index (χ2v) is 7.15. The van der Waals surface area contributed by atoms with Gasteiger partial charge in [-0.3, -0.25) is 4.79 Å². The Balaban J connectivity index is 1.88. The zero-order valence-electron chi connectivity index (χ0n) is 12.4. The van der Waals surface area contributed by atoms with Crippen molar-refractivity contribution < 1.29 is 4.79 Å². The molecule has 1 aromatic rings. The van der Waals surface area contributed by atoms with Gasteiger partial charge in [0, 0.05) is 30.6 Å². The Morgan fingerprint density at radius 3 is 3.00 bits per heavy atom. The molecule has 2 heterocycles. The number of hydrogen-bond acceptors (Lipinski definition) is 3. The summed E-state index contributed by atoms with van der Waals surface area (Å²) in [6.07, 6.45) is 3.02. The number of nitrogens with zero attached hydrogens (tertiary/aromatic N) is 1. The van der Waals surface area contributed by atoms with Crippen molar-refractivity contribution in [3.8, 4) is 0 Å². The lowest BCUT2D eigenvalue weighted by Crippen LogP contribution is -2.39. The van der Waals surface area contributed by atoms with E-state index >= 15 is 0 Å². The van der Waals surface area contributed by atoms with Crippen molar-refractivity contribution in [3.63, 3.8) is 0 Å². The topological polar surface area (TPSA) is 32.3 Å². The molecule has 3 rings (SSSR count). The SMILES string of the molecule is CCC1C2CNCC2CN1C(=O)c1cc(SC)ccc1Cl. The standard InChI is InChI=1S/C16H21ClN2OS/c1-3-15-13-8-18-7-10(13)9-19(15)16(20)12-6-11(21-2)4-5-14(12)17/h4-6,10,13,15,18H,3,7-9H2,1-2H3. The predicted octanol–water partition coefficient (Wildman–Crippen LogP) is 3.13. The number of likely N-dealkylation sites (tertiary alicyclic amines) is 1. The zero-order chi connectivity index (χ0) is 15.0. The highest BCUT2D eigenvalue weighted by molar-refractivity contribution is 7.98. The highest BCUT2D eigenvalue weighted by atomic mass is 35.5. The Bertz CT molecular complexity index is 551. The Labute approximate surface area is 135 Å². The summed E-state index contributed by atoms with van der Waals surface area (Å²) in [5, 5.41) is 4.01. The van der Waals surface area contributed by atoms with Crippen LogP contribution in [0.2, 0.25) is 5.02 Å². The highest BCUT2D eigenvalue weighted by Crippen LogP contribution is 2.36. The number of amides is 1. The van der Waals surface area contributed by atoms with Crippen molar-refractivity contribution in [2.45, 2.75) is 24.3 Å². The Kier molecular flexibility index (Phi) is 4.48. The smallest absolute Gasteiger partial charge is 0.255 e. The average molecular weight is 325 g/mol. The van der Waals surface area contributed by atoms with Gasteiger partial charge in [0.15, 0.2) is 0 Å². The van der Waals surface area contributed by atoms with Crippen LogP contribution in [0, 0.1) is 11.8 Å². The Hall–Kier alpha value is -0.710. The third-order valence-electron chi connectivity index (χ3n) is 4.80.